The van der Waals surface area contributed by atoms with Crippen LogP contribution < -0.4 is 14.9 Å². The summed E-state index contributed by atoms with van der Waals surface area (Å²) in [7, 11) is 0. The predicted octanol–water partition coefficient (Wildman–Crippen LogP) is 4.80. The number of carbonyl (C=O) groups is 1. The Morgan fingerprint density at radius 2 is 2.14 bits per heavy atom. The van der Waals surface area contributed by atoms with Crippen LogP contribution in [0.25, 0.3) is 0 Å². The van der Waals surface area contributed by atoms with Gasteiger partial charge in [0, 0.05) is 0 Å². The van der Waals surface area contributed by atoms with Crippen LogP contribution in [0.3, 0.4) is 0 Å². The number of ether oxygens (including phenoxy) is 2. The molecule has 152 valence electrons. The predicted molar refractivity (Wildman–Crippen MR) is 112 cm³/mol. The number of halogens is 2. The van der Waals surface area contributed by atoms with Gasteiger partial charge in [0.25, 0.3) is 5.91 Å². The van der Waals surface area contributed by atoms with Crippen LogP contribution in [0.2, 0.25) is 0 Å². The van der Waals surface area contributed by atoms with E-state index < -0.39 is 11.7 Å². The number of benzene rings is 2. The van der Waals surface area contributed by atoms with Crippen LogP contribution >= 0.6 is 15.9 Å². The molecule has 29 heavy (non-hydrogen) atoms. The first-order valence-corrected chi connectivity index (χ1v) is 9.84. The normalized spacial score (nSPS) is 11.7. The van der Waals surface area contributed by atoms with E-state index in [-0.39, 0.29) is 17.2 Å². The summed E-state index contributed by atoms with van der Waals surface area (Å²) in [5.74, 6) is -0.358. The summed E-state index contributed by atoms with van der Waals surface area (Å²) in [4.78, 5) is 12.1. The minimum absolute atomic E-state index is 0.0200. The fourth-order valence-corrected chi connectivity index (χ4v) is 2.87. The van der Waals surface area contributed by atoms with Gasteiger partial charge in [0.2, 0.25) is 0 Å². The Morgan fingerprint density at radius 3 is 2.76 bits per heavy atom. The Kier molecular flexibility index (Phi) is 8.16. The van der Waals surface area contributed by atoms with Gasteiger partial charge in [-0.05, 0) is 72.1 Å². The van der Waals surface area contributed by atoms with E-state index in [1.54, 1.807) is 12.1 Å². The topological polar surface area (TPSA) is 83.7 Å². The zero-order valence-electron chi connectivity index (χ0n) is 16.3. The first-order valence-electron chi connectivity index (χ1n) is 9.05. The molecule has 6 nitrogen and oxygen atoms in total. The summed E-state index contributed by atoms with van der Waals surface area (Å²) in [6.07, 6.45) is 2.28. The molecule has 0 heterocycles. The third-order valence-corrected chi connectivity index (χ3v) is 4.54. The van der Waals surface area contributed by atoms with Gasteiger partial charge in [-0.1, -0.05) is 6.92 Å². The molecule has 0 aromatic heterocycles. The lowest BCUT2D eigenvalue weighted by Gasteiger charge is -2.18. The molecule has 8 heteroatoms. The molecule has 0 spiro atoms. The minimum Gasteiger partial charge on any atom is -0.490 e. The average Bonchev–Trinajstić information content (AvgIpc) is 2.70. The van der Waals surface area contributed by atoms with Crippen LogP contribution in [0.5, 0.6) is 11.5 Å². The zero-order chi connectivity index (χ0) is 21.4. The lowest BCUT2D eigenvalue weighted by atomic mass is 10.1. The highest BCUT2D eigenvalue weighted by Crippen LogP contribution is 2.37. The average molecular weight is 462 g/mol. The molecule has 1 amide bonds. The molecule has 0 radical (unpaired) electrons. The van der Waals surface area contributed by atoms with E-state index in [2.05, 4.69) is 26.5 Å². The van der Waals surface area contributed by atoms with E-state index in [0.29, 0.717) is 28.1 Å². The summed E-state index contributed by atoms with van der Waals surface area (Å²) in [6, 6.07) is 8.93. The van der Waals surface area contributed by atoms with Crippen LogP contribution in [0.4, 0.5) is 4.39 Å². The molecule has 0 unspecified atom stereocenters. The first-order chi connectivity index (χ1) is 13.9. The Hall–Kier alpha value is -2.92. The molecule has 0 aliphatic heterocycles. The fourth-order valence-electron chi connectivity index (χ4n) is 2.32. The van der Waals surface area contributed by atoms with Crippen molar-refractivity contribution in [2.75, 3.05) is 6.61 Å². The van der Waals surface area contributed by atoms with Crippen LogP contribution in [0.1, 0.15) is 48.7 Å². The molecule has 0 saturated heterocycles. The molecule has 2 aromatic carbocycles. The summed E-state index contributed by atoms with van der Waals surface area (Å²) >= 11 is 3.48. The fraction of sp³-hybridized carbons (Fsp3) is 0.286. The Labute approximate surface area is 177 Å². The van der Waals surface area contributed by atoms with E-state index in [1.807, 2.05) is 26.8 Å². The highest BCUT2D eigenvalue weighted by Gasteiger charge is 2.15. The number of hydrogen-bond donors (Lipinski definition) is 1. The highest BCUT2D eigenvalue weighted by atomic mass is 79.9. The van der Waals surface area contributed by atoms with Gasteiger partial charge in [-0.15, -0.1) is 0 Å². The SMILES string of the molecule is CCOc1cc(/C=N\NC(=O)c2ccc(C#N)cc2F)cc(Br)c1O[C@@H](C)CC. The van der Waals surface area contributed by atoms with Gasteiger partial charge < -0.3 is 9.47 Å². The summed E-state index contributed by atoms with van der Waals surface area (Å²) < 4.78 is 26.2. The zero-order valence-corrected chi connectivity index (χ0v) is 17.9. The van der Waals surface area contributed by atoms with E-state index in [0.717, 1.165) is 12.5 Å². The summed E-state index contributed by atoms with van der Waals surface area (Å²) in [5, 5.41) is 12.6. The van der Waals surface area contributed by atoms with Crippen molar-refractivity contribution >= 4 is 28.1 Å². The first kappa shape index (κ1) is 22.4. The van der Waals surface area contributed by atoms with Crippen LogP contribution in [0, 0.1) is 17.1 Å². The molecule has 0 saturated carbocycles. The Morgan fingerprint density at radius 1 is 1.38 bits per heavy atom. The monoisotopic (exact) mass is 461 g/mol. The van der Waals surface area contributed by atoms with Crippen LogP contribution in [0.15, 0.2) is 39.9 Å². The van der Waals surface area contributed by atoms with Gasteiger partial charge in [0.05, 0.1) is 40.6 Å². The van der Waals surface area contributed by atoms with Gasteiger partial charge in [-0.2, -0.15) is 10.4 Å². The maximum Gasteiger partial charge on any atom is 0.274 e. The Balaban J connectivity index is 2.17. The molecular formula is C21H21BrFN3O3. The van der Waals surface area contributed by atoms with E-state index in [1.165, 1.54) is 18.3 Å². The van der Waals surface area contributed by atoms with Crippen molar-refractivity contribution in [3.63, 3.8) is 0 Å². The number of hydrogen-bond acceptors (Lipinski definition) is 5. The lowest BCUT2D eigenvalue weighted by Crippen LogP contribution is -2.19. The summed E-state index contributed by atoms with van der Waals surface area (Å²) in [6.45, 7) is 6.32. The minimum atomic E-state index is -0.787. The third kappa shape index (κ3) is 6.03. The quantitative estimate of drug-likeness (QED) is 0.451. The Bertz CT molecular complexity index is 957. The van der Waals surface area contributed by atoms with Gasteiger partial charge in [0.15, 0.2) is 11.5 Å². The molecule has 1 atom stereocenters. The number of nitrogens with one attached hydrogen (secondary N) is 1. The highest BCUT2D eigenvalue weighted by molar-refractivity contribution is 9.10. The second-order valence-corrected chi connectivity index (χ2v) is 6.96. The molecule has 0 aliphatic rings. The smallest absolute Gasteiger partial charge is 0.274 e. The second-order valence-electron chi connectivity index (χ2n) is 6.11. The molecule has 0 aliphatic carbocycles. The number of amides is 1. The maximum absolute atomic E-state index is 13.9. The maximum atomic E-state index is 13.9. The number of rotatable bonds is 8. The molecule has 1 N–H and O–H groups in total. The number of hydrazone groups is 1. The number of nitriles is 1. The molecule has 0 bridgehead atoms. The molecular weight excluding hydrogens is 441 g/mol. The third-order valence-electron chi connectivity index (χ3n) is 3.95. The number of nitrogens with zero attached hydrogens (tertiary/aromatic N) is 2. The van der Waals surface area contributed by atoms with Crippen LogP contribution in [-0.2, 0) is 0 Å². The lowest BCUT2D eigenvalue weighted by molar-refractivity contribution is 0.0951. The van der Waals surface area contributed by atoms with Crippen molar-refractivity contribution in [2.24, 2.45) is 5.10 Å². The molecule has 0 fully saturated rings. The van der Waals surface area contributed by atoms with Gasteiger partial charge >= 0.3 is 0 Å². The van der Waals surface area contributed by atoms with Crippen molar-refractivity contribution in [1.29, 1.82) is 5.26 Å². The molecule has 2 rings (SSSR count). The van der Waals surface area contributed by atoms with Crippen molar-refractivity contribution in [3.8, 4) is 17.6 Å². The standard InChI is InChI=1S/C21H21BrFN3O3/c1-4-13(3)29-20-17(22)8-15(10-19(20)28-5-2)12-25-26-21(27)16-7-6-14(11-24)9-18(16)23/h6-10,12-13H,4-5H2,1-3H3,(H,26,27)/b25-12-/t13-/m0/s1. The van der Waals surface area contributed by atoms with Crippen molar-refractivity contribution in [2.45, 2.75) is 33.3 Å². The van der Waals surface area contributed by atoms with E-state index >= 15 is 0 Å². The van der Waals surface area contributed by atoms with Crippen LogP contribution in [-0.4, -0.2) is 24.8 Å². The molecule has 2 aromatic rings. The van der Waals surface area contributed by atoms with Crippen molar-refractivity contribution in [3.05, 3.63) is 57.3 Å². The van der Waals surface area contributed by atoms with E-state index in [9.17, 15) is 9.18 Å². The summed E-state index contributed by atoms with van der Waals surface area (Å²) in [5.41, 5.74) is 2.86. The van der Waals surface area contributed by atoms with Gasteiger partial charge in [-0.3, -0.25) is 4.79 Å². The van der Waals surface area contributed by atoms with Crippen molar-refractivity contribution in [1.82, 2.24) is 5.43 Å². The van der Waals surface area contributed by atoms with Gasteiger partial charge in [-0.25, -0.2) is 9.82 Å². The number of carbonyl (C=O) groups excluding carboxylic acids is 1. The second kappa shape index (κ2) is 10.6. The van der Waals surface area contributed by atoms with Gasteiger partial charge in [0.1, 0.15) is 5.82 Å². The van der Waals surface area contributed by atoms with Crippen molar-refractivity contribution < 1.29 is 18.7 Å². The largest absolute Gasteiger partial charge is 0.490 e. The van der Waals surface area contributed by atoms with E-state index in [4.69, 9.17) is 14.7 Å².